The van der Waals surface area contributed by atoms with Gasteiger partial charge in [-0.2, -0.15) is 0 Å². The van der Waals surface area contributed by atoms with E-state index in [1.54, 1.807) is 0 Å². The molecule has 3 N–H and O–H groups in total. The highest BCUT2D eigenvalue weighted by atomic mass is 35.5. The van der Waals surface area contributed by atoms with Gasteiger partial charge in [-0.05, 0) is 58.4 Å². The molecule has 1 aromatic rings. The van der Waals surface area contributed by atoms with Gasteiger partial charge < -0.3 is 10.8 Å². The molecule has 0 amide bonds. The number of rotatable bonds is 2. The molecular formula is C19H32ClNO. The van der Waals surface area contributed by atoms with E-state index >= 15 is 0 Å². The standard InChI is InChI=1S/C19H31NO.ClH/c1-18(2,3)14-10-13(16(20)12-8-7-9-12)11-15(17(14)21)19(4,5)6;/h10-12,16,21H,7-9,20H2,1-6H3;1H/t16-;/m0./s1. The topological polar surface area (TPSA) is 46.2 Å². The van der Waals surface area contributed by atoms with E-state index in [1.165, 1.54) is 24.8 Å². The minimum Gasteiger partial charge on any atom is -0.507 e. The van der Waals surface area contributed by atoms with Crippen molar-refractivity contribution in [1.82, 2.24) is 0 Å². The van der Waals surface area contributed by atoms with Crippen molar-refractivity contribution < 1.29 is 5.11 Å². The van der Waals surface area contributed by atoms with E-state index in [2.05, 4.69) is 53.7 Å². The van der Waals surface area contributed by atoms with Gasteiger partial charge >= 0.3 is 0 Å². The van der Waals surface area contributed by atoms with Crippen LogP contribution in [0.3, 0.4) is 0 Å². The first-order valence-electron chi connectivity index (χ1n) is 8.15. The maximum atomic E-state index is 10.7. The van der Waals surface area contributed by atoms with Crippen LogP contribution in [0.15, 0.2) is 12.1 Å². The van der Waals surface area contributed by atoms with E-state index in [9.17, 15) is 5.11 Å². The molecule has 2 rings (SSSR count). The van der Waals surface area contributed by atoms with Crippen LogP contribution in [0.4, 0.5) is 0 Å². The van der Waals surface area contributed by atoms with Crippen molar-refractivity contribution >= 4 is 12.4 Å². The minimum absolute atomic E-state index is 0. The van der Waals surface area contributed by atoms with Crippen molar-refractivity contribution in [2.75, 3.05) is 0 Å². The van der Waals surface area contributed by atoms with Crippen molar-refractivity contribution in [2.24, 2.45) is 11.7 Å². The summed E-state index contributed by atoms with van der Waals surface area (Å²) in [5.41, 5.74) is 9.54. The number of hydrogen-bond acceptors (Lipinski definition) is 2. The summed E-state index contributed by atoms with van der Waals surface area (Å²) in [5, 5.41) is 10.7. The molecule has 126 valence electrons. The molecule has 0 spiro atoms. The summed E-state index contributed by atoms with van der Waals surface area (Å²) in [4.78, 5) is 0. The number of nitrogens with two attached hydrogens (primary N) is 1. The van der Waals surface area contributed by atoms with Crippen LogP contribution >= 0.6 is 12.4 Å². The Labute approximate surface area is 141 Å². The Bertz CT molecular complexity index is 486. The Morgan fingerprint density at radius 1 is 1.00 bits per heavy atom. The highest BCUT2D eigenvalue weighted by molar-refractivity contribution is 5.85. The first-order chi connectivity index (χ1) is 9.51. The molecule has 22 heavy (non-hydrogen) atoms. The van der Waals surface area contributed by atoms with Crippen molar-refractivity contribution in [3.05, 3.63) is 28.8 Å². The molecule has 0 bridgehead atoms. The van der Waals surface area contributed by atoms with Crippen LogP contribution < -0.4 is 5.73 Å². The summed E-state index contributed by atoms with van der Waals surface area (Å²) in [7, 11) is 0. The van der Waals surface area contributed by atoms with Crippen LogP contribution in [0.5, 0.6) is 5.75 Å². The minimum atomic E-state index is -0.0839. The molecule has 1 atom stereocenters. The Kier molecular flexibility index (Phi) is 5.63. The highest BCUT2D eigenvalue weighted by Gasteiger charge is 2.31. The quantitative estimate of drug-likeness (QED) is 0.784. The van der Waals surface area contributed by atoms with E-state index in [0.29, 0.717) is 11.7 Å². The lowest BCUT2D eigenvalue weighted by Gasteiger charge is -2.34. The van der Waals surface area contributed by atoms with Gasteiger partial charge in [0.05, 0.1) is 0 Å². The zero-order valence-electron chi connectivity index (χ0n) is 14.9. The fourth-order valence-corrected chi connectivity index (χ4v) is 3.06. The fourth-order valence-electron chi connectivity index (χ4n) is 3.06. The maximum Gasteiger partial charge on any atom is 0.123 e. The van der Waals surface area contributed by atoms with Gasteiger partial charge in [0.2, 0.25) is 0 Å². The fraction of sp³-hybridized carbons (Fsp3) is 0.684. The predicted molar refractivity (Wildman–Crippen MR) is 97.0 cm³/mol. The Morgan fingerprint density at radius 2 is 1.41 bits per heavy atom. The zero-order chi connectivity index (χ0) is 16.0. The summed E-state index contributed by atoms with van der Waals surface area (Å²) >= 11 is 0. The summed E-state index contributed by atoms with van der Waals surface area (Å²) in [6, 6.07) is 4.36. The van der Waals surface area contributed by atoms with Crippen LogP contribution in [0.1, 0.15) is 83.5 Å². The Balaban J connectivity index is 0.00000242. The third kappa shape index (κ3) is 3.78. The lowest BCUT2D eigenvalue weighted by atomic mass is 9.73. The van der Waals surface area contributed by atoms with Gasteiger partial charge in [-0.3, -0.25) is 0 Å². The summed E-state index contributed by atoms with van der Waals surface area (Å²) < 4.78 is 0. The maximum absolute atomic E-state index is 10.7. The SMILES string of the molecule is CC(C)(C)c1cc([C@@H](N)C2CCC2)cc(C(C)(C)C)c1O.Cl. The Hall–Kier alpha value is -0.730. The third-order valence-electron chi connectivity index (χ3n) is 4.79. The van der Waals surface area contributed by atoms with E-state index in [0.717, 1.165) is 11.1 Å². The molecule has 1 aliphatic carbocycles. The summed E-state index contributed by atoms with van der Waals surface area (Å²) in [6.07, 6.45) is 3.77. The number of halogens is 1. The van der Waals surface area contributed by atoms with Crippen LogP contribution in [0, 0.1) is 5.92 Å². The van der Waals surface area contributed by atoms with E-state index < -0.39 is 0 Å². The van der Waals surface area contributed by atoms with Crippen LogP contribution in [0.2, 0.25) is 0 Å². The molecule has 1 aliphatic rings. The van der Waals surface area contributed by atoms with Gasteiger partial charge in [-0.1, -0.05) is 48.0 Å². The molecule has 0 aromatic heterocycles. The Morgan fingerprint density at radius 3 is 1.68 bits per heavy atom. The second-order valence-electron chi connectivity index (χ2n) is 8.68. The van der Waals surface area contributed by atoms with Gasteiger partial charge in [0.1, 0.15) is 5.75 Å². The molecule has 3 heteroatoms. The first kappa shape index (κ1) is 19.3. The van der Waals surface area contributed by atoms with E-state index in [-0.39, 0.29) is 29.3 Å². The molecule has 0 saturated heterocycles. The summed E-state index contributed by atoms with van der Waals surface area (Å²) in [6.45, 7) is 12.9. The monoisotopic (exact) mass is 325 g/mol. The molecule has 0 aliphatic heterocycles. The number of phenolic OH excluding ortho intramolecular Hbond substituents is 1. The molecule has 0 heterocycles. The molecule has 1 aromatic carbocycles. The third-order valence-corrected chi connectivity index (χ3v) is 4.79. The lowest BCUT2D eigenvalue weighted by Crippen LogP contribution is -2.28. The van der Waals surface area contributed by atoms with Crippen molar-refractivity contribution in [3.8, 4) is 5.75 Å². The van der Waals surface area contributed by atoms with Crippen LogP contribution in [-0.2, 0) is 10.8 Å². The zero-order valence-corrected chi connectivity index (χ0v) is 15.7. The molecule has 0 radical (unpaired) electrons. The van der Waals surface area contributed by atoms with Crippen molar-refractivity contribution in [3.63, 3.8) is 0 Å². The second kappa shape index (κ2) is 6.41. The molecule has 1 fully saturated rings. The van der Waals surface area contributed by atoms with Gasteiger partial charge in [-0.25, -0.2) is 0 Å². The highest BCUT2D eigenvalue weighted by Crippen LogP contribution is 2.43. The molecule has 0 unspecified atom stereocenters. The van der Waals surface area contributed by atoms with Gasteiger partial charge in [0.25, 0.3) is 0 Å². The summed E-state index contributed by atoms with van der Waals surface area (Å²) in [5.74, 6) is 1.05. The van der Waals surface area contributed by atoms with E-state index in [4.69, 9.17) is 5.73 Å². The largest absolute Gasteiger partial charge is 0.507 e. The lowest BCUT2D eigenvalue weighted by molar-refractivity contribution is 0.263. The average Bonchev–Trinajstić information content (AvgIpc) is 2.23. The number of phenols is 1. The van der Waals surface area contributed by atoms with Crippen LogP contribution in [-0.4, -0.2) is 5.11 Å². The van der Waals surface area contributed by atoms with Crippen LogP contribution in [0.25, 0.3) is 0 Å². The first-order valence-corrected chi connectivity index (χ1v) is 8.15. The average molecular weight is 326 g/mol. The predicted octanol–water partition coefficient (Wildman–Crippen LogP) is 5.21. The number of hydrogen-bond donors (Lipinski definition) is 2. The van der Waals surface area contributed by atoms with Crippen molar-refractivity contribution in [1.29, 1.82) is 0 Å². The van der Waals surface area contributed by atoms with E-state index in [1.807, 2.05) is 0 Å². The molecule has 1 saturated carbocycles. The normalized spacial score (nSPS) is 17.6. The molecule has 2 nitrogen and oxygen atoms in total. The van der Waals surface area contributed by atoms with Crippen molar-refractivity contribution in [2.45, 2.75) is 77.7 Å². The van der Waals surface area contributed by atoms with Gasteiger partial charge in [0.15, 0.2) is 0 Å². The second-order valence-corrected chi connectivity index (χ2v) is 8.68. The molecular weight excluding hydrogens is 294 g/mol. The van der Waals surface area contributed by atoms with Gasteiger partial charge in [-0.15, -0.1) is 12.4 Å². The smallest absolute Gasteiger partial charge is 0.123 e. The number of aromatic hydroxyl groups is 1. The number of benzene rings is 1. The van der Waals surface area contributed by atoms with Gasteiger partial charge in [0, 0.05) is 6.04 Å².